The van der Waals surface area contributed by atoms with Gasteiger partial charge < -0.3 is 20.1 Å². The molecule has 1 aliphatic heterocycles. The molecule has 3 atom stereocenters. The van der Waals surface area contributed by atoms with E-state index >= 15 is 0 Å². The van der Waals surface area contributed by atoms with E-state index in [1.165, 1.54) is 6.42 Å². The van der Waals surface area contributed by atoms with Crippen molar-refractivity contribution < 1.29 is 14.9 Å². The first-order valence-corrected chi connectivity index (χ1v) is 5.54. The number of hydrogen-bond donors (Lipinski definition) is 2. The lowest BCUT2D eigenvalue weighted by Gasteiger charge is -2.46. The minimum absolute atomic E-state index is 0.159. The Bertz CT molecular complexity index is 152. The average Bonchev–Trinajstić information content (AvgIpc) is 2.17. The first-order chi connectivity index (χ1) is 6.79. The minimum atomic E-state index is -0.209. The molecule has 1 saturated heterocycles. The van der Waals surface area contributed by atoms with Crippen LogP contribution in [0.25, 0.3) is 0 Å². The molecule has 84 valence electrons. The van der Waals surface area contributed by atoms with Crippen LogP contribution in [-0.4, -0.2) is 31.1 Å². The molecular formula is C10H21NO3. The van der Waals surface area contributed by atoms with Crippen molar-refractivity contribution in [3.63, 3.8) is 0 Å². The summed E-state index contributed by atoms with van der Waals surface area (Å²) in [5.74, 6) is 0.272. The third-order valence-electron chi connectivity index (χ3n) is 2.75. The zero-order valence-electron chi connectivity index (χ0n) is 8.87. The molecule has 3 unspecified atom stereocenters. The molecule has 1 aliphatic rings. The predicted molar refractivity (Wildman–Crippen MR) is 53.7 cm³/mol. The third kappa shape index (κ3) is 3.20. The summed E-state index contributed by atoms with van der Waals surface area (Å²) in [7, 11) is 0. The third-order valence-corrected chi connectivity index (χ3v) is 2.75. The Hall–Kier alpha value is -0.160. The van der Waals surface area contributed by atoms with Gasteiger partial charge in [0.05, 0.1) is 19.1 Å². The molecule has 14 heavy (non-hydrogen) atoms. The Kier molecular flexibility index (Phi) is 5.40. The van der Waals surface area contributed by atoms with Crippen molar-refractivity contribution in [2.24, 2.45) is 5.92 Å². The SMILES string of the molecule is CCCCCOC1C(CCO)C[NH+]1[O-]. The van der Waals surface area contributed by atoms with Crippen LogP contribution in [0.4, 0.5) is 0 Å². The number of ether oxygens (including phenoxy) is 1. The second-order valence-corrected chi connectivity index (χ2v) is 3.94. The summed E-state index contributed by atoms with van der Waals surface area (Å²) in [6.07, 6.45) is 3.85. The summed E-state index contributed by atoms with van der Waals surface area (Å²) >= 11 is 0. The summed E-state index contributed by atoms with van der Waals surface area (Å²) < 4.78 is 5.50. The van der Waals surface area contributed by atoms with Gasteiger partial charge in [-0.25, -0.2) is 0 Å². The van der Waals surface area contributed by atoms with Gasteiger partial charge in [-0.05, 0) is 12.8 Å². The first kappa shape index (κ1) is 11.9. The van der Waals surface area contributed by atoms with E-state index in [2.05, 4.69) is 6.92 Å². The standard InChI is InChI=1S/C10H21NO3/c1-2-3-4-7-14-10-9(5-6-12)8-11(10)13/h9-12H,2-8H2,1H3. The van der Waals surface area contributed by atoms with Crippen molar-refractivity contribution >= 4 is 0 Å². The lowest BCUT2D eigenvalue weighted by atomic mass is 9.96. The Morgan fingerprint density at radius 2 is 2.29 bits per heavy atom. The highest BCUT2D eigenvalue weighted by Gasteiger charge is 2.39. The molecule has 0 saturated carbocycles. The van der Waals surface area contributed by atoms with Crippen molar-refractivity contribution in [1.82, 2.24) is 0 Å². The first-order valence-electron chi connectivity index (χ1n) is 5.54. The number of aliphatic hydroxyl groups is 1. The number of hydroxylamine groups is 2. The van der Waals surface area contributed by atoms with Gasteiger partial charge in [0.1, 0.15) is 0 Å². The highest BCUT2D eigenvalue weighted by molar-refractivity contribution is 4.69. The molecular weight excluding hydrogens is 182 g/mol. The lowest BCUT2D eigenvalue weighted by Crippen LogP contribution is -3.20. The summed E-state index contributed by atoms with van der Waals surface area (Å²) in [5.41, 5.74) is 0. The van der Waals surface area contributed by atoms with Crippen molar-refractivity contribution in [2.75, 3.05) is 19.8 Å². The molecule has 2 N–H and O–H groups in total. The molecule has 0 spiro atoms. The van der Waals surface area contributed by atoms with E-state index in [0.717, 1.165) is 12.8 Å². The molecule has 1 rings (SSSR count). The second-order valence-electron chi connectivity index (χ2n) is 3.94. The van der Waals surface area contributed by atoms with Gasteiger partial charge in [0.15, 0.2) is 6.23 Å². The van der Waals surface area contributed by atoms with E-state index in [1.807, 2.05) is 0 Å². The summed E-state index contributed by atoms with van der Waals surface area (Å²) in [6, 6.07) is 0. The maximum atomic E-state index is 11.2. The molecule has 0 aromatic rings. The van der Waals surface area contributed by atoms with Crippen LogP contribution in [0.1, 0.15) is 32.6 Å². The fourth-order valence-corrected chi connectivity index (χ4v) is 1.79. The fraction of sp³-hybridized carbons (Fsp3) is 1.00. The quantitative estimate of drug-likeness (QED) is 0.449. The molecule has 1 fully saturated rings. The molecule has 0 aromatic carbocycles. The summed E-state index contributed by atoms with van der Waals surface area (Å²) in [4.78, 5) is 0. The van der Waals surface area contributed by atoms with Crippen LogP contribution in [0.2, 0.25) is 0 Å². The highest BCUT2D eigenvalue weighted by atomic mass is 16.6. The van der Waals surface area contributed by atoms with Crippen LogP contribution in [0.5, 0.6) is 0 Å². The molecule has 4 heteroatoms. The Balaban J connectivity index is 2.08. The molecule has 0 aliphatic carbocycles. The molecule has 0 radical (unpaired) electrons. The number of unbranched alkanes of at least 4 members (excludes halogenated alkanes) is 2. The molecule has 4 nitrogen and oxygen atoms in total. The lowest BCUT2D eigenvalue weighted by molar-refractivity contribution is -0.960. The highest BCUT2D eigenvalue weighted by Crippen LogP contribution is 2.13. The van der Waals surface area contributed by atoms with E-state index in [4.69, 9.17) is 9.84 Å². The minimum Gasteiger partial charge on any atom is -0.632 e. The zero-order chi connectivity index (χ0) is 10.4. The van der Waals surface area contributed by atoms with E-state index in [1.54, 1.807) is 0 Å². The van der Waals surface area contributed by atoms with Crippen molar-refractivity contribution in [3.05, 3.63) is 5.21 Å². The van der Waals surface area contributed by atoms with Gasteiger partial charge in [-0.1, -0.05) is 19.8 Å². The molecule has 0 bridgehead atoms. The number of rotatable bonds is 7. The maximum absolute atomic E-state index is 11.2. The molecule has 1 heterocycles. The maximum Gasteiger partial charge on any atom is 0.199 e. The van der Waals surface area contributed by atoms with E-state index in [9.17, 15) is 5.21 Å². The van der Waals surface area contributed by atoms with Crippen LogP contribution in [0, 0.1) is 11.1 Å². The van der Waals surface area contributed by atoms with Gasteiger partial charge in [-0.15, -0.1) is 0 Å². The van der Waals surface area contributed by atoms with Gasteiger partial charge in [-0.3, -0.25) is 0 Å². The number of aliphatic hydroxyl groups excluding tert-OH is 1. The van der Waals surface area contributed by atoms with Gasteiger partial charge >= 0.3 is 0 Å². The average molecular weight is 203 g/mol. The number of quaternary nitrogens is 1. The van der Waals surface area contributed by atoms with Gasteiger partial charge in [0.2, 0.25) is 0 Å². The Labute approximate surface area is 85.4 Å². The summed E-state index contributed by atoms with van der Waals surface area (Å²) in [6.45, 7) is 3.58. The van der Waals surface area contributed by atoms with E-state index in [0.29, 0.717) is 19.6 Å². The van der Waals surface area contributed by atoms with Crippen LogP contribution < -0.4 is 5.06 Å². The monoisotopic (exact) mass is 203 g/mol. The van der Waals surface area contributed by atoms with E-state index in [-0.39, 0.29) is 23.8 Å². The Morgan fingerprint density at radius 1 is 1.50 bits per heavy atom. The van der Waals surface area contributed by atoms with Crippen molar-refractivity contribution in [3.8, 4) is 0 Å². The van der Waals surface area contributed by atoms with Crippen molar-refractivity contribution in [2.45, 2.75) is 38.8 Å². The summed E-state index contributed by atoms with van der Waals surface area (Å²) in [5, 5.41) is 20.1. The van der Waals surface area contributed by atoms with Crippen LogP contribution >= 0.6 is 0 Å². The number of nitrogens with one attached hydrogen (secondary N) is 1. The zero-order valence-corrected chi connectivity index (χ0v) is 8.87. The predicted octanol–water partition coefficient (Wildman–Crippen LogP) is -0.0858. The van der Waals surface area contributed by atoms with Gasteiger partial charge in [-0.2, -0.15) is 0 Å². The van der Waals surface area contributed by atoms with Crippen molar-refractivity contribution in [1.29, 1.82) is 0 Å². The fourth-order valence-electron chi connectivity index (χ4n) is 1.79. The topological polar surface area (TPSA) is 57.0 Å². The van der Waals surface area contributed by atoms with Crippen LogP contribution in [0.3, 0.4) is 0 Å². The Morgan fingerprint density at radius 3 is 2.86 bits per heavy atom. The van der Waals surface area contributed by atoms with E-state index < -0.39 is 0 Å². The molecule has 0 amide bonds. The van der Waals surface area contributed by atoms with Gasteiger partial charge in [0.25, 0.3) is 0 Å². The number of hydrogen-bond acceptors (Lipinski definition) is 3. The van der Waals surface area contributed by atoms with Crippen LogP contribution in [0.15, 0.2) is 0 Å². The largest absolute Gasteiger partial charge is 0.632 e. The molecule has 0 aromatic heterocycles. The van der Waals surface area contributed by atoms with Gasteiger partial charge in [0, 0.05) is 6.61 Å². The van der Waals surface area contributed by atoms with Crippen LogP contribution in [-0.2, 0) is 4.74 Å². The smallest absolute Gasteiger partial charge is 0.199 e. The second kappa shape index (κ2) is 6.35. The normalized spacial score (nSPS) is 31.5.